The minimum atomic E-state index is -0.215. The van der Waals surface area contributed by atoms with Crippen LogP contribution in [0.25, 0.3) is 0 Å². The molecule has 0 bridgehead atoms. The first-order valence-electron chi connectivity index (χ1n) is 4.63. The largest absolute Gasteiger partial charge is 0.272 e. The van der Waals surface area contributed by atoms with Crippen molar-refractivity contribution in [2.45, 2.75) is 33.1 Å². The SMILES string of the molecule is CCC(C)CON1C(=O)CCC1=O. The van der Waals surface area contributed by atoms with Crippen LogP contribution in [0.15, 0.2) is 0 Å². The molecular weight excluding hydrogens is 170 g/mol. The van der Waals surface area contributed by atoms with Gasteiger partial charge in [0.05, 0.1) is 6.61 Å². The second-order valence-electron chi connectivity index (χ2n) is 3.39. The van der Waals surface area contributed by atoms with Crippen LogP contribution in [-0.2, 0) is 14.4 Å². The van der Waals surface area contributed by atoms with Crippen molar-refractivity contribution in [3.63, 3.8) is 0 Å². The lowest BCUT2D eigenvalue weighted by molar-refractivity contribution is -0.190. The van der Waals surface area contributed by atoms with E-state index in [-0.39, 0.29) is 11.8 Å². The van der Waals surface area contributed by atoms with Gasteiger partial charge in [0.1, 0.15) is 0 Å². The maximum Gasteiger partial charge on any atom is 0.253 e. The van der Waals surface area contributed by atoms with E-state index in [1.807, 2.05) is 13.8 Å². The van der Waals surface area contributed by atoms with Crippen molar-refractivity contribution in [2.75, 3.05) is 6.61 Å². The van der Waals surface area contributed by atoms with E-state index in [0.29, 0.717) is 25.4 Å². The standard InChI is InChI=1S/C9H15NO3/c1-3-7(2)6-13-10-8(11)4-5-9(10)12/h7H,3-6H2,1-2H3. The minimum absolute atomic E-state index is 0.215. The van der Waals surface area contributed by atoms with Gasteiger partial charge in [-0.3, -0.25) is 14.4 Å². The fourth-order valence-corrected chi connectivity index (χ4v) is 1.02. The van der Waals surface area contributed by atoms with E-state index >= 15 is 0 Å². The summed E-state index contributed by atoms with van der Waals surface area (Å²) in [5, 5.41) is 0.909. The highest BCUT2D eigenvalue weighted by molar-refractivity contribution is 6.00. The van der Waals surface area contributed by atoms with E-state index in [1.165, 1.54) is 0 Å². The summed E-state index contributed by atoms with van der Waals surface area (Å²) < 4.78 is 0. The zero-order valence-electron chi connectivity index (χ0n) is 8.08. The van der Waals surface area contributed by atoms with Gasteiger partial charge in [0.15, 0.2) is 0 Å². The molecular formula is C9H15NO3. The van der Waals surface area contributed by atoms with Gasteiger partial charge in [0.2, 0.25) is 0 Å². The lowest BCUT2D eigenvalue weighted by atomic mass is 10.1. The molecule has 0 spiro atoms. The second-order valence-corrected chi connectivity index (χ2v) is 3.39. The first-order chi connectivity index (χ1) is 6.15. The summed E-state index contributed by atoms with van der Waals surface area (Å²) in [4.78, 5) is 27.2. The van der Waals surface area contributed by atoms with Crippen LogP contribution in [-0.4, -0.2) is 23.5 Å². The molecule has 0 N–H and O–H groups in total. The molecule has 1 rings (SSSR count). The van der Waals surface area contributed by atoms with Crippen LogP contribution in [0.2, 0.25) is 0 Å². The van der Waals surface area contributed by atoms with Crippen molar-refractivity contribution in [3.05, 3.63) is 0 Å². The number of carbonyl (C=O) groups excluding carboxylic acids is 2. The summed E-state index contributed by atoms with van der Waals surface area (Å²) in [6.07, 6.45) is 1.56. The number of nitrogens with zero attached hydrogens (tertiary/aromatic N) is 1. The van der Waals surface area contributed by atoms with Crippen LogP contribution < -0.4 is 0 Å². The highest BCUT2D eigenvalue weighted by atomic mass is 16.7. The molecule has 0 radical (unpaired) electrons. The highest BCUT2D eigenvalue weighted by Gasteiger charge is 2.30. The summed E-state index contributed by atoms with van der Waals surface area (Å²) in [6, 6.07) is 0. The Bertz CT molecular complexity index is 199. The molecule has 4 nitrogen and oxygen atoms in total. The molecule has 4 heteroatoms. The highest BCUT2D eigenvalue weighted by Crippen LogP contribution is 2.13. The summed E-state index contributed by atoms with van der Waals surface area (Å²) in [5.41, 5.74) is 0. The zero-order valence-corrected chi connectivity index (χ0v) is 8.08. The second kappa shape index (κ2) is 4.37. The fraction of sp³-hybridized carbons (Fsp3) is 0.778. The molecule has 1 heterocycles. The molecule has 2 amide bonds. The lowest BCUT2D eigenvalue weighted by Gasteiger charge is -2.15. The fourth-order valence-electron chi connectivity index (χ4n) is 1.02. The minimum Gasteiger partial charge on any atom is -0.272 e. The third-order valence-electron chi connectivity index (χ3n) is 2.19. The summed E-state index contributed by atoms with van der Waals surface area (Å²) in [6.45, 7) is 4.50. The Morgan fingerprint density at radius 1 is 1.38 bits per heavy atom. The molecule has 1 saturated heterocycles. The molecule has 0 aromatic rings. The van der Waals surface area contributed by atoms with Gasteiger partial charge in [-0.05, 0) is 5.92 Å². The molecule has 74 valence electrons. The van der Waals surface area contributed by atoms with Crippen LogP contribution in [0.3, 0.4) is 0 Å². The Labute approximate surface area is 77.8 Å². The molecule has 0 aliphatic carbocycles. The van der Waals surface area contributed by atoms with Gasteiger partial charge < -0.3 is 0 Å². The van der Waals surface area contributed by atoms with E-state index in [2.05, 4.69) is 0 Å². The van der Waals surface area contributed by atoms with Crippen LogP contribution in [0.1, 0.15) is 33.1 Å². The molecule has 1 unspecified atom stereocenters. The molecule has 1 aliphatic heterocycles. The molecule has 13 heavy (non-hydrogen) atoms. The average molecular weight is 185 g/mol. The van der Waals surface area contributed by atoms with Crippen LogP contribution in [0, 0.1) is 5.92 Å². The van der Waals surface area contributed by atoms with Gasteiger partial charge in [-0.2, -0.15) is 5.06 Å². The van der Waals surface area contributed by atoms with Gasteiger partial charge in [0.25, 0.3) is 11.8 Å². The third kappa shape index (κ3) is 2.52. The van der Waals surface area contributed by atoms with E-state index in [1.54, 1.807) is 0 Å². The normalized spacial score (nSPS) is 19.7. The van der Waals surface area contributed by atoms with Crippen molar-refractivity contribution < 1.29 is 14.4 Å². The van der Waals surface area contributed by atoms with E-state index < -0.39 is 0 Å². The first kappa shape index (κ1) is 10.2. The number of rotatable bonds is 4. The Morgan fingerprint density at radius 3 is 2.38 bits per heavy atom. The maximum atomic E-state index is 11.1. The number of hydrogen-bond donors (Lipinski definition) is 0. The third-order valence-corrected chi connectivity index (χ3v) is 2.19. The maximum absolute atomic E-state index is 11.1. The van der Waals surface area contributed by atoms with E-state index in [9.17, 15) is 9.59 Å². The Hall–Kier alpha value is -0.900. The Balaban J connectivity index is 2.35. The van der Waals surface area contributed by atoms with Crippen molar-refractivity contribution in [2.24, 2.45) is 5.92 Å². The van der Waals surface area contributed by atoms with Crippen molar-refractivity contribution in [1.29, 1.82) is 0 Å². The van der Waals surface area contributed by atoms with Crippen LogP contribution in [0.4, 0.5) is 0 Å². The molecule has 1 fully saturated rings. The Kier molecular flexibility index (Phi) is 3.42. The molecule has 1 aliphatic rings. The molecule has 0 aromatic heterocycles. The molecule has 0 saturated carbocycles. The van der Waals surface area contributed by atoms with Crippen LogP contribution >= 0.6 is 0 Å². The van der Waals surface area contributed by atoms with E-state index in [0.717, 1.165) is 11.5 Å². The number of hydroxylamine groups is 2. The predicted molar refractivity (Wildman–Crippen MR) is 46.5 cm³/mol. The zero-order chi connectivity index (χ0) is 9.84. The lowest BCUT2D eigenvalue weighted by Crippen LogP contribution is -2.30. The van der Waals surface area contributed by atoms with Crippen molar-refractivity contribution in [1.82, 2.24) is 5.06 Å². The number of hydrogen-bond acceptors (Lipinski definition) is 3. The summed E-state index contributed by atoms with van der Waals surface area (Å²) in [5.74, 6) is -0.0530. The summed E-state index contributed by atoms with van der Waals surface area (Å²) in [7, 11) is 0. The number of imide groups is 1. The first-order valence-corrected chi connectivity index (χ1v) is 4.63. The van der Waals surface area contributed by atoms with Gasteiger partial charge >= 0.3 is 0 Å². The predicted octanol–water partition coefficient (Wildman–Crippen LogP) is 1.11. The van der Waals surface area contributed by atoms with Gasteiger partial charge in [-0.1, -0.05) is 20.3 Å². The number of amides is 2. The van der Waals surface area contributed by atoms with Gasteiger partial charge in [-0.25, -0.2) is 0 Å². The van der Waals surface area contributed by atoms with Gasteiger partial charge in [0, 0.05) is 12.8 Å². The molecule has 1 atom stereocenters. The quantitative estimate of drug-likeness (QED) is 0.616. The average Bonchev–Trinajstić information content (AvgIpc) is 2.43. The van der Waals surface area contributed by atoms with Crippen molar-refractivity contribution >= 4 is 11.8 Å². The van der Waals surface area contributed by atoms with E-state index in [4.69, 9.17) is 4.84 Å². The van der Waals surface area contributed by atoms with Crippen molar-refractivity contribution in [3.8, 4) is 0 Å². The molecule has 0 aromatic carbocycles. The topological polar surface area (TPSA) is 46.6 Å². The smallest absolute Gasteiger partial charge is 0.253 e. The van der Waals surface area contributed by atoms with Crippen LogP contribution in [0.5, 0.6) is 0 Å². The monoisotopic (exact) mass is 185 g/mol. The number of carbonyl (C=O) groups is 2. The Morgan fingerprint density at radius 2 is 1.92 bits per heavy atom. The van der Waals surface area contributed by atoms with Gasteiger partial charge in [-0.15, -0.1) is 0 Å². The summed E-state index contributed by atoms with van der Waals surface area (Å²) >= 11 is 0.